The second-order valence-electron chi connectivity index (χ2n) is 8.56. The quantitative estimate of drug-likeness (QED) is 0.440. The Bertz CT molecular complexity index is 1270. The third-order valence-electron chi connectivity index (χ3n) is 6.13. The number of benzene rings is 2. The molecule has 1 saturated carbocycles. The van der Waals surface area contributed by atoms with Crippen LogP contribution in [0.15, 0.2) is 48.5 Å². The molecule has 0 spiro atoms. The number of nitrogens with one attached hydrogen (secondary N) is 1. The Balaban J connectivity index is 1.85. The van der Waals surface area contributed by atoms with Crippen molar-refractivity contribution in [1.29, 1.82) is 0 Å². The van der Waals surface area contributed by atoms with Gasteiger partial charge in [0.25, 0.3) is 11.8 Å². The second kappa shape index (κ2) is 10.8. The predicted molar refractivity (Wildman–Crippen MR) is 132 cm³/mol. The van der Waals surface area contributed by atoms with E-state index in [9.17, 15) is 18.8 Å². The maximum atomic E-state index is 15.1. The van der Waals surface area contributed by atoms with E-state index in [4.69, 9.17) is 11.5 Å². The van der Waals surface area contributed by atoms with Gasteiger partial charge in [-0.1, -0.05) is 43.5 Å². The average molecular weight is 514 g/mol. The summed E-state index contributed by atoms with van der Waals surface area (Å²) in [6.45, 7) is 0. The predicted octanol–water partition coefficient (Wildman–Crippen LogP) is 3.94. The summed E-state index contributed by atoms with van der Waals surface area (Å²) in [7, 11) is 0. The lowest BCUT2D eigenvalue weighted by molar-refractivity contribution is -0.123. The van der Waals surface area contributed by atoms with Crippen molar-refractivity contribution in [3.63, 3.8) is 0 Å². The van der Waals surface area contributed by atoms with Crippen molar-refractivity contribution >= 4 is 40.6 Å². The van der Waals surface area contributed by atoms with E-state index in [1.54, 1.807) is 0 Å². The molecule has 0 radical (unpaired) electrons. The SMILES string of the molecule is NC(=O)c1nsc(C(=O)N(c2ccccc2F)[C@@H](C(=O)NC2CCCCC2)c2ccc(F)cc2)c1N. The molecule has 2 aromatic carbocycles. The number of hydrogen-bond donors (Lipinski definition) is 3. The molecule has 0 unspecified atom stereocenters. The molecule has 1 heterocycles. The number of carbonyl (C=O) groups excluding carboxylic acids is 3. The van der Waals surface area contributed by atoms with E-state index in [1.807, 2.05) is 0 Å². The summed E-state index contributed by atoms with van der Waals surface area (Å²) in [5.41, 5.74) is 10.8. The first-order valence-corrected chi connectivity index (χ1v) is 12.2. The van der Waals surface area contributed by atoms with Gasteiger partial charge in [-0.25, -0.2) is 8.78 Å². The number of carbonyl (C=O) groups is 3. The molecule has 36 heavy (non-hydrogen) atoms. The summed E-state index contributed by atoms with van der Waals surface area (Å²) < 4.78 is 32.7. The molecule has 11 heteroatoms. The van der Waals surface area contributed by atoms with Crippen LogP contribution in [-0.4, -0.2) is 28.1 Å². The van der Waals surface area contributed by atoms with Crippen molar-refractivity contribution in [3.05, 3.63) is 76.3 Å². The van der Waals surface area contributed by atoms with Gasteiger partial charge in [0.15, 0.2) is 5.69 Å². The van der Waals surface area contributed by atoms with Crippen molar-refractivity contribution in [1.82, 2.24) is 9.69 Å². The molecule has 3 aromatic rings. The van der Waals surface area contributed by atoms with Gasteiger partial charge < -0.3 is 16.8 Å². The minimum absolute atomic E-state index is 0.110. The molecule has 0 bridgehead atoms. The highest BCUT2D eigenvalue weighted by molar-refractivity contribution is 7.09. The van der Waals surface area contributed by atoms with E-state index in [0.29, 0.717) is 11.5 Å². The fourth-order valence-electron chi connectivity index (χ4n) is 4.34. The molecule has 1 aliphatic rings. The van der Waals surface area contributed by atoms with Crippen molar-refractivity contribution in [2.45, 2.75) is 44.2 Å². The Hall–Kier alpha value is -3.86. The highest BCUT2D eigenvalue weighted by Gasteiger charge is 2.38. The first-order chi connectivity index (χ1) is 17.3. The lowest BCUT2D eigenvalue weighted by Crippen LogP contribution is -2.47. The monoisotopic (exact) mass is 513 g/mol. The van der Waals surface area contributed by atoms with Gasteiger partial charge in [0.05, 0.1) is 11.4 Å². The van der Waals surface area contributed by atoms with Gasteiger partial charge in [-0.2, -0.15) is 4.37 Å². The van der Waals surface area contributed by atoms with E-state index in [-0.39, 0.29) is 33.6 Å². The number of aromatic nitrogens is 1. The number of halogens is 2. The van der Waals surface area contributed by atoms with Crippen LogP contribution in [0.5, 0.6) is 0 Å². The minimum atomic E-state index is -1.37. The number of anilines is 2. The van der Waals surface area contributed by atoms with Gasteiger partial charge in [-0.15, -0.1) is 0 Å². The third-order valence-corrected chi connectivity index (χ3v) is 6.98. The molecule has 1 fully saturated rings. The van der Waals surface area contributed by atoms with Gasteiger partial charge >= 0.3 is 0 Å². The average Bonchev–Trinajstić information content (AvgIpc) is 3.25. The van der Waals surface area contributed by atoms with E-state index in [1.165, 1.54) is 30.3 Å². The van der Waals surface area contributed by atoms with Crippen LogP contribution in [0.2, 0.25) is 0 Å². The van der Waals surface area contributed by atoms with E-state index in [2.05, 4.69) is 9.69 Å². The molecule has 1 atom stereocenters. The lowest BCUT2D eigenvalue weighted by Gasteiger charge is -2.33. The number of nitrogens with zero attached hydrogens (tertiary/aromatic N) is 2. The fraction of sp³-hybridized carbons (Fsp3) is 0.280. The zero-order valence-electron chi connectivity index (χ0n) is 19.2. The van der Waals surface area contributed by atoms with Gasteiger partial charge in [-0.3, -0.25) is 19.3 Å². The number of hydrogen-bond acceptors (Lipinski definition) is 6. The summed E-state index contributed by atoms with van der Waals surface area (Å²) >= 11 is 0.623. The minimum Gasteiger partial charge on any atom is -0.395 e. The molecule has 0 saturated heterocycles. The summed E-state index contributed by atoms with van der Waals surface area (Å²) in [4.78, 5) is 40.1. The number of para-hydroxylation sites is 1. The smallest absolute Gasteiger partial charge is 0.273 e. The van der Waals surface area contributed by atoms with E-state index in [0.717, 1.165) is 55.2 Å². The maximum absolute atomic E-state index is 15.1. The van der Waals surface area contributed by atoms with Crippen LogP contribution < -0.4 is 21.7 Å². The number of nitrogen functional groups attached to an aromatic ring is 1. The highest BCUT2D eigenvalue weighted by atomic mass is 32.1. The zero-order chi connectivity index (χ0) is 25.8. The van der Waals surface area contributed by atoms with Gasteiger partial charge in [0.2, 0.25) is 5.91 Å². The van der Waals surface area contributed by atoms with Gasteiger partial charge in [-0.05, 0) is 54.2 Å². The highest BCUT2D eigenvalue weighted by Crippen LogP contribution is 2.35. The van der Waals surface area contributed by atoms with Crippen LogP contribution in [0.25, 0.3) is 0 Å². The number of amides is 3. The molecule has 3 amide bonds. The van der Waals surface area contributed by atoms with Crippen LogP contribution in [0.1, 0.15) is 63.9 Å². The van der Waals surface area contributed by atoms with Crippen molar-refractivity contribution in [2.75, 3.05) is 10.6 Å². The topological polar surface area (TPSA) is 131 Å². The van der Waals surface area contributed by atoms with Crippen LogP contribution in [0, 0.1) is 11.6 Å². The van der Waals surface area contributed by atoms with Crippen LogP contribution in [0.3, 0.4) is 0 Å². The molecule has 4 rings (SSSR count). The summed E-state index contributed by atoms with van der Waals surface area (Å²) in [6, 6.07) is 9.05. The normalized spacial score (nSPS) is 14.7. The van der Waals surface area contributed by atoms with Crippen molar-refractivity contribution in [2.24, 2.45) is 5.73 Å². The third kappa shape index (κ3) is 5.20. The second-order valence-corrected chi connectivity index (χ2v) is 9.34. The Labute approximate surface area is 210 Å². The Morgan fingerprint density at radius 3 is 2.31 bits per heavy atom. The summed E-state index contributed by atoms with van der Waals surface area (Å²) in [6.07, 6.45) is 4.53. The first-order valence-electron chi connectivity index (χ1n) is 11.5. The maximum Gasteiger partial charge on any atom is 0.273 e. The molecule has 8 nitrogen and oxygen atoms in total. The Morgan fingerprint density at radius 2 is 1.69 bits per heavy atom. The zero-order valence-corrected chi connectivity index (χ0v) is 20.1. The summed E-state index contributed by atoms with van der Waals surface area (Å²) in [5.74, 6) is -3.63. The number of rotatable bonds is 7. The van der Waals surface area contributed by atoms with Crippen molar-refractivity contribution < 1.29 is 23.2 Å². The van der Waals surface area contributed by atoms with Crippen LogP contribution in [-0.2, 0) is 4.79 Å². The molecule has 1 aliphatic carbocycles. The van der Waals surface area contributed by atoms with Gasteiger partial charge in [0.1, 0.15) is 22.6 Å². The Morgan fingerprint density at radius 1 is 1.03 bits per heavy atom. The van der Waals surface area contributed by atoms with Crippen molar-refractivity contribution in [3.8, 4) is 0 Å². The summed E-state index contributed by atoms with van der Waals surface area (Å²) in [5, 5.41) is 2.98. The van der Waals surface area contributed by atoms with E-state index >= 15 is 4.39 Å². The Kier molecular flexibility index (Phi) is 7.58. The molecule has 1 aromatic heterocycles. The molecular weight excluding hydrogens is 488 g/mol. The first kappa shape index (κ1) is 25.2. The number of primary amides is 1. The molecule has 0 aliphatic heterocycles. The largest absolute Gasteiger partial charge is 0.395 e. The standard InChI is InChI=1S/C25H25F2N5O3S/c26-15-12-10-14(11-13-15)21(24(34)30-16-6-2-1-3-7-16)32(18-9-5-4-8-17(18)27)25(35)22-19(28)20(23(29)33)31-36-22/h4-5,8-13,16,21H,1-3,6-7,28H2,(H2,29,33)(H,30,34)/t21-/m1/s1. The molecular formula is C25H25F2N5O3S. The van der Waals surface area contributed by atoms with Gasteiger partial charge in [0, 0.05) is 6.04 Å². The number of nitrogens with two attached hydrogens (primary N) is 2. The van der Waals surface area contributed by atoms with Crippen LogP contribution >= 0.6 is 11.5 Å². The van der Waals surface area contributed by atoms with Crippen LogP contribution in [0.4, 0.5) is 20.2 Å². The fourth-order valence-corrected chi connectivity index (χ4v) is 5.08. The molecule has 5 N–H and O–H groups in total. The van der Waals surface area contributed by atoms with E-state index < -0.39 is 35.4 Å². The molecule has 188 valence electrons. The lowest BCUT2D eigenvalue weighted by atomic mass is 9.94.